The Balaban J connectivity index is 3.54. The Kier molecular flexibility index (Phi) is 10.7. The lowest BCUT2D eigenvalue weighted by Crippen LogP contribution is -2.00. The first-order valence-corrected chi connectivity index (χ1v) is 7.04. The Morgan fingerprint density at radius 2 is 2.06 bits per heavy atom. The fourth-order valence-electron chi connectivity index (χ4n) is 1.44. The molecule has 0 aromatic carbocycles. The van der Waals surface area contributed by atoms with E-state index in [1.54, 1.807) is 0 Å². The lowest BCUT2D eigenvalue weighted by Gasteiger charge is -2.08. The van der Waals surface area contributed by atoms with Crippen LogP contribution in [-0.4, -0.2) is 18.6 Å². The van der Waals surface area contributed by atoms with Crippen LogP contribution in [0.4, 0.5) is 0 Å². The molecule has 17 heavy (non-hydrogen) atoms. The standard InChI is InChI=1S/C15H27ClO/c1-5-6-7-11-17-12-10-14(4)8-9-15(16)13(2)3/h10,15H,2,5-9,11-12H2,1,3-4H3. The van der Waals surface area contributed by atoms with Gasteiger partial charge in [0.1, 0.15) is 0 Å². The second-order valence-electron chi connectivity index (χ2n) is 4.69. The smallest absolute Gasteiger partial charge is 0.0649 e. The Morgan fingerprint density at radius 1 is 1.35 bits per heavy atom. The highest BCUT2D eigenvalue weighted by Crippen LogP contribution is 2.16. The summed E-state index contributed by atoms with van der Waals surface area (Å²) < 4.78 is 5.53. The third-order valence-corrected chi connectivity index (χ3v) is 3.36. The van der Waals surface area contributed by atoms with Crippen molar-refractivity contribution in [2.45, 2.75) is 58.3 Å². The zero-order valence-electron chi connectivity index (χ0n) is 11.6. The van der Waals surface area contributed by atoms with Crippen LogP contribution >= 0.6 is 11.6 Å². The van der Waals surface area contributed by atoms with Crippen molar-refractivity contribution in [3.05, 3.63) is 23.8 Å². The van der Waals surface area contributed by atoms with E-state index < -0.39 is 0 Å². The average Bonchev–Trinajstić information content (AvgIpc) is 2.30. The molecular formula is C15H27ClO. The van der Waals surface area contributed by atoms with Gasteiger partial charge in [0.15, 0.2) is 0 Å². The fourth-order valence-corrected chi connectivity index (χ4v) is 1.55. The highest BCUT2D eigenvalue weighted by molar-refractivity contribution is 6.22. The van der Waals surface area contributed by atoms with E-state index in [0.717, 1.165) is 31.6 Å². The molecule has 0 saturated carbocycles. The highest BCUT2D eigenvalue weighted by atomic mass is 35.5. The number of halogens is 1. The van der Waals surface area contributed by atoms with E-state index in [1.165, 1.54) is 24.8 Å². The van der Waals surface area contributed by atoms with Gasteiger partial charge < -0.3 is 4.74 Å². The topological polar surface area (TPSA) is 9.23 Å². The largest absolute Gasteiger partial charge is 0.377 e. The van der Waals surface area contributed by atoms with Crippen molar-refractivity contribution in [3.63, 3.8) is 0 Å². The molecule has 0 N–H and O–H groups in total. The Bertz CT molecular complexity index is 233. The number of alkyl halides is 1. The minimum atomic E-state index is 0.101. The Morgan fingerprint density at radius 3 is 2.65 bits per heavy atom. The number of ether oxygens (including phenoxy) is 1. The quantitative estimate of drug-likeness (QED) is 0.301. The first-order valence-electron chi connectivity index (χ1n) is 6.60. The predicted molar refractivity (Wildman–Crippen MR) is 77.8 cm³/mol. The van der Waals surface area contributed by atoms with Crippen molar-refractivity contribution in [1.82, 2.24) is 0 Å². The molecule has 0 aliphatic heterocycles. The van der Waals surface area contributed by atoms with Gasteiger partial charge in [0.25, 0.3) is 0 Å². The van der Waals surface area contributed by atoms with Gasteiger partial charge in [0, 0.05) is 6.61 Å². The van der Waals surface area contributed by atoms with Crippen molar-refractivity contribution < 1.29 is 4.74 Å². The minimum absolute atomic E-state index is 0.101. The summed E-state index contributed by atoms with van der Waals surface area (Å²) in [6.45, 7) is 11.8. The predicted octanol–water partition coefficient (Wildman–Crippen LogP) is 5.10. The summed E-state index contributed by atoms with van der Waals surface area (Å²) in [6.07, 6.45) is 7.83. The van der Waals surface area contributed by atoms with Crippen LogP contribution in [0, 0.1) is 0 Å². The second kappa shape index (κ2) is 10.9. The molecule has 0 aromatic rings. The molecule has 2 heteroatoms. The molecule has 0 aliphatic rings. The molecule has 0 rings (SSSR count). The summed E-state index contributed by atoms with van der Waals surface area (Å²) in [4.78, 5) is 0. The van der Waals surface area contributed by atoms with Gasteiger partial charge in [-0.05, 0) is 33.1 Å². The van der Waals surface area contributed by atoms with E-state index >= 15 is 0 Å². The van der Waals surface area contributed by atoms with Gasteiger partial charge in [0.05, 0.1) is 12.0 Å². The van der Waals surface area contributed by atoms with E-state index in [0.29, 0.717) is 0 Å². The van der Waals surface area contributed by atoms with E-state index in [-0.39, 0.29) is 5.38 Å². The lowest BCUT2D eigenvalue weighted by molar-refractivity contribution is 0.157. The van der Waals surface area contributed by atoms with Crippen molar-refractivity contribution in [1.29, 1.82) is 0 Å². The molecule has 0 radical (unpaired) electrons. The number of unbranched alkanes of at least 4 members (excludes halogenated alkanes) is 2. The van der Waals surface area contributed by atoms with Gasteiger partial charge in [0.2, 0.25) is 0 Å². The first-order chi connectivity index (χ1) is 8.07. The number of hydrogen-bond acceptors (Lipinski definition) is 1. The van der Waals surface area contributed by atoms with E-state index in [4.69, 9.17) is 16.3 Å². The summed E-state index contributed by atoms with van der Waals surface area (Å²) in [7, 11) is 0. The van der Waals surface area contributed by atoms with Gasteiger partial charge in [-0.1, -0.05) is 43.6 Å². The number of hydrogen-bond donors (Lipinski definition) is 0. The summed E-state index contributed by atoms with van der Waals surface area (Å²) in [5, 5.41) is 0.101. The second-order valence-corrected chi connectivity index (χ2v) is 5.21. The Hall–Kier alpha value is -0.270. The van der Waals surface area contributed by atoms with Crippen LogP contribution in [0.25, 0.3) is 0 Å². The maximum Gasteiger partial charge on any atom is 0.0649 e. The molecule has 0 amide bonds. The Labute approximate surface area is 112 Å². The van der Waals surface area contributed by atoms with Crippen LogP contribution in [0.2, 0.25) is 0 Å². The summed E-state index contributed by atoms with van der Waals surface area (Å²) >= 11 is 6.12. The highest BCUT2D eigenvalue weighted by Gasteiger charge is 2.04. The molecule has 100 valence electrons. The molecule has 0 fully saturated rings. The minimum Gasteiger partial charge on any atom is -0.377 e. The molecule has 1 nitrogen and oxygen atoms in total. The van der Waals surface area contributed by atoms with E-state index in [9.17, 15) is 0 Å². The van der Waals surface area contributed by atoms with Gasteiger partial charge in [-0.2, -0.15) is 0 Å². The summed E-state index contributed by atoms with van der Waals surface area (Å²) in [5.41, 5.74) is 2.41. The fraction of sp³-hybridized carbons (Fsp3) is 0.733. The summed E-state index contributed by atoms with van der Waals surface area (Å²) in [6, 6.07) is 0. The third kappa shape index (κ3) is 10.6. The van der Waals surface area contributed by atoms with E-state index in [2.05, 4.69) is 26.5 Å². The van der Waals surface area contributed by atoms with Crippen molar-refractivity contribution in [3.8, 4) is 0 Å². The van der Waals surface area contributed by atoms with Gasteiger partial charge in [-0.25, -0.2) is 0 Å². The van der Waals surface area contributed by atoms with Crippen LogP contribution in [0.5, 0.6) is 0 Å². The SMILES string of the molecule is C=C(C)C(Cl)CCC(C)=CCOCCCCC. The van der Waals surface area contributed by atoms with Crippen molar-refractivity contribution in [2.75, 3.05) is 13.2 Å². The van der Waals surface area contributed by atoms with Crippen LogP contribution in [0.3, 0.4) is 0 Å². The van der Waals surface area contributed by atoms with Gasteiger partial charge >= 0.3 is 0 Å². The molecule has 0 aromatic heterocycles. The third-order valence-electron chi connectivity index (χ3n) is 2.77. The average molecular weight is 259 g/mol. The number of rotatable bonds is 10. The molecule has 0 saturated heterocycles. The van der Waals surface area contributed by atoms with Gasteiger partial charge in [-0.15, -0.1) is 11.6 Å². The normalized spacial score (nSPS) is 13.8. The molecular weight excluding hydrogens is 232 g/mol. The zero-order chi connectivity index (χ0) is 13.1. The molecule has 0 heterocycles. The molecule has 0 bridgehead atoms. The van der Waals surface area contributed by atoms with Gasteiger partial charge in [-0.3, -0.25) is 0 Å². The van der Waals surface area contributed by atoms with Crippen LogP contribution in [-0.2, 0) is 4.74 Å². The van der Waals surface area contributed by atoms with Crippen molar-refractivity contribution in [2.24, 2.45) is 0 Å². The van der Waals surface area contributed by atoms with E-state index in [1.807, 2.05) is 6.92 Å². The van der Waals surface area contributed by atoms with Crippen molar-refractivity contribution >= 4 is 11.6 Å². The van der Waals surface area contributed by atoms with Crippen LogP contribution in [0.1, 0.15) is 52.9 Å². The maximum atomic E-state index is 6.12. The maximum absolute atomic E-state index is 6.12. The monoisotopic (exact) mass is 258 g/mol. The zero-order valence-corrected chi connectivity index (χ0v) is 12.4. The molecule has 0 aliphatic carbocycles. The number of allylic oxidation sites excluding steroid dienone is 2. The molecule has 0 spiro atoms. The van der Waals surface area contributed by atoms with Crippen LogP contribution in [0.15, 0.2) is 23.8 Å². The molecule has 1 unspecified atom stereocenters. The van der Waals surface area contributed by atoms with Crippen LogP contribution < -0.4 is 0 Å². The first kappa shape index (κ1) is 16.7. The molecule has 1 atom stereocenters. The summed E-state index contributed by atoms with van der Waals surface area (Å²) in [5.74, 6) is 0. The lowest BCUT2D eigenvalue weighted by atomic mass is 10.1.